The number of carbonyl (C=O) groups is 2. The predicted molar refractivity (Wildman–Crippen MR) is 63.1 cm³/mol. The summed E-state index contributed by atoms with van der Waals surface area (Å²) < 4.78 is 5.03. The molecule has 6 N–H and O–H groups in total. The molecule has 0 aliphatic carbocycles. The summed E-state index contributed by atoms with van der Waals surface area (Å²) in [5.41, 5.74) is 0. The van der Waals surface area contributed by atoms with Gasteiger partial charge in [-0.05, 0) is 6.42 Å². The van der Waals surface area contributed by atoms with Crippen LogP contribution < -0.4 is 5.32 Å². The number of nitrogens with one attached hydrogen (secondary N) is 1. The first-order chi connectivity index (χ1) is 9.27. The molecule has 1 aliphatic rings. The van der Waals surface area contributed by atoms with Crippen LogP contribution >= 0.6 is 0 Å². The van der Waals surface area contributed by atoms with Crippen molar-refractivity contribution in [3.05, 3.63) is 0 Å². The number of carboxylic acid groups (broad SMARTS) is 1. The Morgan fingerprint density at radius 1 is 1.25 bits per heavy atom. The van der Waals surface area contributed by atoms with E-state index in [0.29, 0.717) is 6.42 Å². The maximum absolute atomic E-state index is 11.2. The monoisotopic (exact) mass is 293 g/mol. The van der Waals surface area contributed by atoms with Gasteiger partial charge in [0.1, 0.15) is 18.8 Å². The van der Waals surface area contributed by atoms with E-state index in [2.05, 4.69) is 0 Å². The van der Waals surface area contributed by atoms with Crippen LogP contribution in [0.1, 0.15) is 19.8 Å². The van der Waals surface area contributed by atoms with Crippen molar-refractivity contribution in [2.45, 2.75) is 50.6 Å². The number of hydrogen-bond acceptors (Lipinski definition) is 7. The highest BCUT2D eigenvalue weighted by molar-refractivity contribution is 5.93. The highest BCUT2D eigenvalue weighted by Crippen LogP contribution is 2.28. The number of carboxylic acids is 1. The van der Waals surface area contributed by atoms with Gasteiger partial charge in [-0.2, -0.15) is 0 Å². The Labute approximate surface area is 114 Å². The van der Waals surface area contributed by atoms with E-state index in [-0.39, 0.29) is 0 Å². The number of amides is 1. The molecule has 0 aromatic rings. The number of aliphatic hydroxyl groups is 4. The Morgan fingerprint density at radius 3 is 2.35 bits per heavy atom. The highest BCUT2D eigenvalue weighted by atomic mass is 16.6. The molecule has 20 heavy (non-hydrogen) atoms. The van der Waals surface area contributed by atoms with E-state index in [4.69, 9.17) is 9.84 Å². The summed E-state index contributed by atoms with van der Waals surface area (Å²) >= 11 is 0. The fourth-order valence-electron chi connectivity index (χ4n) is 2.10. The highest BCUT2D eigenvalue weighted by Gasteiger charge is 2.46. The van der Waals surface area contributed by atoms with Crippen LogP contribution in [0.15, 0.2) is 0 Å². The van der Waals surface area contributed by atoms with E-state index in [1.54, 1.807) is 6.92 Å². The Hall–Kier alpha value is -1.26. The van der Waals surface area contributed by atoms with Crippen molar-refractivity contribution in [3.8, 4) is 0 Å². The van der Waals surface area contributed by atoms with Crippen molar-refractivity contribution in [1.29, 1.82) is 0 Å². The lowest BCUT2D eigenvalue weighted by Gasteiger charge is -2.42. The van der Waals surface area contributed by atoms with Crippen molar-refractivity contribution in [2.24, 2.45) is 5.92 Å². The third-order valence-corrected chi connectivity index (χ3v) is 3.16. The van der Waals surface area contributed by atoms with E-state index in [1.807, 2.05) is 5.32 Å². The summed E-state index contributed by atoms with van der Waals surface area (Å²) in [5.74, 6) is -3.76. The molecule has 0 aromatic carbocycles. The summed E-state index contributed by atoms with van der Waals surface area (Å²) in [4.78, 5) is 21.5. The van der Waals surface area contributed by atoms with Crippen LogP contribution in [-0.2, 0) is 14.3 Å². The topological polar surface area (TPSA) is 157 Å². The zero-order valence-electron chi connectivity index (χ0n) is 10.8. The number of rotatable bonds is 5. The lowest BCUT2D eigenvalue weighted by atomic mass is 9.88. The van der Waals surface area contributed by atoms with Crippen LogP contribution in [0, 0.1) is 5.92 Å². The number of carbonyl (C=O) groups excluding carboxylic acids is 1. The lowest BCUT2D eigenvalue weighted by molar-refractivity contribution is -0.281. The standard InChI is InChI=1S/C11H19NO8/c1-2-4-8(16)9(17)7(11(19)20-4)10(18)12-5(13)3-6(14)15/h4,7-11,16-19H,2-3H2,1H3,(H,12,13)(H,14,15)/t4?,7-,8?,9+,10?,11?/m0/s1. The molecule has 4 unspecified atom stereocenters. The molecule has 116 valence electrons. The molecule has 9 heteroatoms. The number of hydrogen-bond donors (Lipinski definition) is 6. The van der Waals surface area contributed by atoms with Crippen molar-refractivity contribution in [1.82, 2.24) is 5.32 Å². The summed E-state index contributed by atoms with van der Waals surface area (Å²) in [6.45, 7) is 1.68. The van der Waals surface area contributed by atoms with Crippen molar-refractivity contribution < 1.29 is 39.9 Å². The van der Waals surface area contributed by atoms with E-state index >= 15 is 0 Å². The molecule has 1 fully saturated rings. The summed E-state index contributed by atoms with van der Waals surface area (Å²) in [7, 11) is 0. The van der Waals surface area contributed by atoms with Gasteiger partial charge >= 0.3 is 5.97 Å². The Kier molecular flexibility index (Phi) is 5.84. The fraction of sp³-hybridized carbons (Fsp3) is 0.818. The molecule has 1 amide bonds. The second-order valence-corrected chi connectivity index (χ2v) is 4.61. The molecule has 9 nitrogen and oxygen atoms in total. The predicted octanol–water partition coefficient (Wildman–Crippen LogP) is -2.64. The number of aliphatic hydroxyl groups excluding tert-OH is 4. The summed E-state index contributed by atoms with van der Waals surface area (Å²) in [5, 5.41) is 49.4. The van der Waals surface area contributed by atoms with Gasteiger partial charge in [0.15, 0.2) is 6.29 Å². The molecule has 0 saturated carbocycles. The van der Waals surface area contributed by atoms with Gasteiger partial charge in [-0.1, -0.05) is 6.92 Å². The van der Waals surface area contributed by atoms with Gasteiger partial charge in [0.25, 0.3) is 0 Å². The average Bonchev–Trinajstić information content (AvgIpc) is 2.32. The van der Waals surface area contributed by atoms with Gasteiger partial charge < -0.3 is 35.6 Å². The first-order valence-electron chi connectivity index (χ1n) is 6.16. The summed E-state index contributed by atoms with van der Waals surface area (Å²) in [6.07, 6.45) is -7.53. The number of aliphatic carboxylic acids is 1. The van der Waals surface area contributed by atoms with E-state index in [1.165, 1.54) is 0 Å². The Balaban J connectivity index is 2.69. The second kappa shape index (κ2) is 6.95. The van der Waals surface area contributed by atoms with Crippen LogP contribution in [0.3, 0.4) is 0 Å². The molecule has 1 aliphatic heterocycles. The molecule has 0 spiro atoms. The van der Waals surface area contributed by atoms with Crippen LogP contribution in [0.5, 0.6) is 0 Å². The van der Waals surface area contributed by atoms with E-state index in [0.717, 1.165) is 0 Å². The van der Waals surface area contributed by atoms with Crippen LogP contribution in [0.2, 0.25) is 0 Å². The third kappa shape index (κ3) is 3.87. The second-order valence-electron chi connectivity index (χ2n) is 4.61. The van der Waals surface area contributed by atoms with Crippen molar-refractivity contribution >= 4 is 11.9 Å². The first-order valence-corrected chi connectivity index (χ1v) is 6.16. The van der Waals surface area contributed by atoms with Crippen molar-refractivity contribution in [2.75, 3.05) is 0 Å². The van der Waals surface area contributed by atoms with Gasteiger partial charge in [0.2, 0.25) is 5.91 Å². The number of ether oxygens (including phenoxy) is 1. The average molecular weight is 293 g/mol. The molecule has 6 atom stereocenters. The van der Waals surface area contributed by atoms with Crippen molar-refractivity contribution in [3.63, 3.8) is 0 Å². The van der Waals surface area contributed by atoms with Gasteiger partial charge in [-0.25, -0.2) is 0 Å². The minimum Gasteiger partial charge on any atom is -0.481 e. The summed E-state index contributed by atoms with van der Waals surface area (Å²) in [6, 6.07) is 0. The zero-order chi connectivity index (χ0) is 15.4. The minimum absolute atomic E-state index is 0.337. The van der Waals surface area contributed by atoms with Crippen LogP contribution in [0.4, 0.5) is 0 Å². The molecule has 0 radical (unpaired) electrons. The smallest absolute Gasteiger partial charge is 0.312 e. The van der Waals surface area contributed by atoms with Gasteiger partial charge in [-0.3, -0.25) is 9.59 Å². The molecular formula is C11H19NO8. The molecular weight excluding hydrogens is 274 g/mol. The first kappa shape index (κ1) is 16.8. The van der Waals surface area contributed by atoms with Gasteiger partial charge in [0, 0.05) is 0 Å². The van der Waals surface area contributed by atoms with Gasteiger partial charge in [-0.15, -0.1) is 0 Å². The third-order valence-electron chi connectivity index (χ3n) is 3.16. The Bertz CT molecular complexity index is 362. The maximum Gasteiger partial charge on any atom is 0.312 e. The molecule has 1 saturated heterocycles. The zero-order valence-corrected chi connectivity index (χ0v) is 10.8. The fourth-order valence-corrected chi connectivity index (χ4v) is 2.10. The normalized spacial score (nSPS) is 35.4. The minimum atomic E-state index is -1.75. The molecule has 0 bridgehead atoms. The van der Waals surface area contributed by atoms with Gasteiger partial charge in [0.05, 0.1) is 18.1 Å². The van der Waals surface area contributed by atoms with E-state index in [9.17, 15) is 30.0 Å². The molecule has 1 rings (SSSR count). The molecule has 0 aromatic heterocycles. The molecule has 1 heterocycles. The SMILES string of the molecule is CCC1OC(O)[C@H](C(O)NC(=O)CC(=O)O)[C@@H](O)C1O. The quantitative estimate of drug-likeness (QED) is 0.237. The Morgan fingerprint density at radius 2 is 1.85 bits per heavy atom. The maximum atomic E-state index is 11.2. The lowest BCUT2D eigenvalue weighted by Crippen LogP contribution is -2.60. The van der Waals surface area contributed by atoms with Crippen LogP contribution in [-0.4, -0.2) is 68.2 Å². The van der Waals surface area contributed by atoms with E-state index < -0.39 is 55.0 Å². The largest absolute Gasteiger partial charge is 0.481 e. The van der Waals surface area contributed by atoms with Crippen LogP contribution in [0.25, 0.3) is 0 Å².